The molecular formula is C17H16FN5. The number of benzene rings is 1. The molecule has 0 radical (unpaired) electrons. The second-order valence-electron chi connectivity index (χ2n) is 5.73. The lowest BCUT2D eigenvalue weighted by Gasteiger charge is -2.39. The van der Waals surface area contributed by atoms with E-state index in [-0.39, 0.29) is 5.82 Å². The summed E-state index contributed by atoms with van der Waals surface area (Å²) in [5.41, 5.74) is 1.80. The maximum Gasteiger partial charge on any atom is 0.142 e. The van der Waals surface area contributed by atoms with Crippen molar-refractivity contribution >= 4 is 0 Å². The van der Waals surface area contributed by atoms with Gasteiger partial charge in [-0.15, -0.1) is 0 Å². The van der Waals surface area contributed by atoms with E-state index in [1.165, 1.54) is 12.1 Å². The van der Waals surface area contributed by atoms with Gasteiger partial charge in [-0.1, -0.05) is 0 Å². The minimum atomic E-state index is -0.231. The van der Waals surface area contributed by atoms with Crippen LogP contribution < -0.4 is 0 Å². The third-order valence-corrected chi connectivity index (χ3v) is 4.09. The van der Waals surface area contributed by atoms with Crippen molar-refractivity contribution in [3.63, 3.8) is 0 Å². The third kappa shape index (κ3) is 2.98. The molecule has 6 heteroatoms. The molecule has 0 atom stereocenters. The molecule has 1 saturated heterocycles. The summed E-state index contributed by atoms with van der Waals surface area (Å²) >= 11 is 0. The van der Waals surface area contributed by atoms with E-state index < -0.39 is 0 Å². The lowest BCUT2D eigenvalue weighted by Crippen LogP contribution is -2.46. The molecule has 1 aliphatic heterocycles. The monoisotopic (exact) mass is 309 g/mol. The van der Waals surface area contributed by atoms with E-state index in [0.717, 1.165) is 36.7 Å². The maximum atomic E-state index is 13.0. The zero-order valence-electron chi connectivity index (χ0n) is 12.5. The van der Waals surface area contributed by atoms with Gasteiger partial charge in [-0.3, -0.25) is 4.90 Å². The van der Waals surface area contributed by atoms with Crippen molar-refractivity contribution < 1.29 is 4.39 Å². The first-order chi connectivity index (χ1) is 11.3. The number of halogens is 1. The van der Waals surface area contributed by atoms with Gasteiger partial charge in [0.05, 0.1) is 24.6 Å². The Kier molecular flexibility index (Phi) is 3.59. The van der Waals surface area contributed by atoms with Gasteiger partial charge in [0.2, 0.25) is 0 Å². The first-order valence-electron chi connectivity index (χ1n) is 7.55. The summed E-state index contributed by atoms with van der Waals surface area (Å²) in [6.45, 7) is 2.69. The van der Waals surface area contributed by atoms with E-state index in [4.69, 9.17) is 0 Å². The van der Waals surface area contributed by atoms with Crippen LogP contribution in [0.3, 0.4) is 0 Å². The molecule has 0 bridgehead atoms. The Bertz CT molecular complexity index is 778. The van der Waals surface area contributed by atoms with E-state index >= 15 is 0 Å². The lowest BCUT2D eigenvalue weighted by atomic mass is 10.1. The molecular weight excluding hydrogens is 293 g/mol. The largest absolute Gasteiger partial charge is 0.331 e. The minimum Gasteiger partial charge on any atom is -0.331 e. The van der Waals surface area contributed by atoms with Crippen molar-refractivity contribution in [1.82, 2.24) is 24.4 Å². The minimum absolute atomic E-state index is 0.231. The number of aromatic nitrogens is 4. The summed E-state index contributed by atoms with van der Waals surface area (Å²) in [5.74, 6) is 0.620. The average molecular weight is 309 g/mol. The van der Waals surface area contributed by atoms with E-state index in [2.05, 4.69) is 24.4 Å². The lowest BCUT2D eigenvalue weighted by molar-refractivity contribution is 0.0959. The summed E-state index contributed by atoms with van der Waals surface area (Å²) in [7, 11) is 0. The van der Waals surface area contributed by atoms with Gasteiger partial charge < -0.3 is 4.57 Å². The molecule has 1 fully saturated rings. The highest BCUT2D eigenvalue weighted by Gasteiger charge is 2.28. The Balaban J connectivity index is 1.38. The molecule has 1 aromatic carbocycles. The molecule has 3 aromatic rings. The van der Waals surface area contributed by atoms with Crippen LogP contribution in [0.4, 0.5) is 4.39 Å². The second kappa shape index (κ2) is 5.89. The van der Waals surface area contributed by atoms with Gasteiger partial charge >= 0.3 is 0 Å². The molecule has 2 aromatic heterocycles. The fourth-order valence-electron chi connectivity index (χ4n) is 2.78. The number of nitrogens with zero attached hydrogens (tertiary/aromatic N) is 5. The Morgan fingerprint density at radius 2 is 1.78 bits per heavy atom. The van der Waals surface area contributed by atoms with Gasteiger partial charge in [0, 0.05) is 37.2 Å². The van der Waals surface area contributed by atoms with E-state index in [9.17, 15) is 4.39 Å². The molecule has 23 heavy (non-hydrogen) atoms. The fraction of sp³-hybridized carbons (Fsp3) is 0.235. The summed E-state index contributed by atoms with van der Waals surface area (Å²) in [6, 6.07) is 8.66. The van der Waals surface area contributed by atoms with Gasteiger partial charge in [-0.25, -0.2) is 19.3 Å². The van der Waals surface area contributed by atoms with Gasteiger partial charge in [-0.2, -0.15) is 0 Å². The van der Waals surface area contributed by atoms with Crippen LogP contribution in [0, 0.1) is 5.82 Å². The number of rotatable bonds is 4. The van der Waals surface area contributed by atoms with Crippen LogP contribution in [0.1, 0.15) is 11.9 Å². The van der Waals surface area contributed by atoms with E-state index in [0.29, 0.717) is 6.04 Å². The zero-order chi connectivity index (χ0) is 15.6. The SMILES string of the molecule is Fc1ccc(-c2cn(C3CN(Cc4ncccn4)C3)cn2)cc1. The van der Waals surface area contributed by atoms with Crippen molar-refractivity contribution in [2.45, 2.75) is 12.6 Å². The molecule has 0 N–H and O–H groups in total. The first kappa shape index (κ1) is 14.0. The Labute approximate surface area is 133 Å². The molecule has 0 aliphatic carbocycles. The number of hydrogen-bond donors (Lipinski definition) is 0. The predicted octanol–water partition coefficient (Wildman–Crippen LogP) is 2.54. The molecule has 4 rings (SSSR count). The topological polar surface area (TPSA) is 46.8 Å². The highest BCUT2D eigenvalue weighted by Crippen LogP contribution is 2.25. The number of imidazole rings is 1. The number of likely N-dealkylation sites (tertiary alicyclic amines) is 1. The molecule has 1 aliphatic rings. The highest BCUT2D eigenvalue weighted by molar-refractivity contribution is 5.57. The standard InChI is InChI=1S/C17H16FN5/c18-14-4-2-13(3-5-14)16-10-23(12-21-16)15-8-22(9-15)11-17-19-6-1-7-20-17/h1-7,10,12,15H,8-9,11H2. The van der Waals surface area contributed by atoms with Crippen LogP contribution in [-0.4, -0.2) is 37.5 Å². The maximum absolute atomic E-state index is 13.0. The fourth-order valence-corrected chi connectivity index (χ4v) is 2.78. The van der Waals surface area contributed by atoms with Gasteiger partial charge in [0.15, 0.2) is 0 Å². The van der Waals surface area contributed by atoms with Crippen LogP contribution in [0.25, 0.3) is 11.3 Å². The predicted molar refractivity (Wildman–Crippen MR) is 84.0 cm³/mol. The number of hydrogen-bond acceptors (Lipinski definition) is 4. The van der Waals surface area contributed by atoms with Crippen LogP contribution in [-0.2, 0) is 6.54 Å². The molecule has 116 valence electrons. The molecule has 0 amide bonds. The highest BCUT2D eigenvalue weighted by atomic mass is 19.1. The Morgan fingerprint density at radius 1 is 1.04 bits per heavy atom. The van der Waals surface area contributed by atoms with Crippen molar-refractivity contribution in [2.75, 3.05) is 13.1 Å². The van der Waals surface area contributed by atoms with Crippen molar-refractivity contribution in [1.29, 1.82) is 0 Å². The van der Waals surface area contributed by atoms with Gasteiger partial charge in [0.25, 0.3) is 0 Å². The third-order valence-electron chi connectivity index (χ3n) is 4.09. The second-order valence-corrected chi connectivity index (χ2v) is 5.73. The van der Waals surface area contributed by atoms with Crippen LogP contribution in [0.2, 0.25) is 0 Å². The normalized spacial score (nSPS) is 15.5. The van der Waals surface area contributed by atoms with Crippen molar-refractivity contribution in [3.8, 4) is 11.3 Å². The summed E-state index contributed by atoms with van der Waals surface area (Å²) < 4.78 is 15.1. The Morgan fingerprint density at radius 3 is 2.52 bits per heavy atom. The van der Waals surface area contributed by atoms with Crippen molar-refractivity contribution in [2.24, 2.45) is 0 Å². The van der Waals surface area contributed by atoms with E-state index in [1.807, 2.05) is 18.6 Å². The smallest absolute Gasteiger partial charge is 0.142 e. The molecule has 5 nitrogen and oxygen atoms in total. The first-order valence-corrected chi connectivity index (χ1v) is 7.55. The van der Waals surface area contributed by atoms with Crippen LogP contribution in [0.15, 0.2) is 55.2 Å². The molecule has 0 unspecified atom stereocenters. The van der Waals surface area contributed by atoms with Crippen LogP contribution in [0.5, 0.6) is 0 Å². The van der Waals surface area contributed by atoms with Crippen LogP contribution >= 0.6 is 0 Å². The molecule has 3 heterocycles. The van der Waals surface area contributed by atoms with E-state index in [1.54, 1.807) is 24.5 Å². The van der Waals surface area contributed by atoms with Gasteiger partial charge in [0.1, 0.15) is 11.6 Å². The summed E-state index contributed by atoms with van der Waals surface area (Å²) in [5, 5.41) is 0. The summed E-state index contributed by atoms with van der Waals surface area (Å²) in [6.07, 6.45) is 7.41. The zero-order valence-corrected chi connectivity index (χ0v) is 12.5. The average Bonchev–Trinajstić information content (AvgIpc) is 3.01. The van der Waals surface area contributed by atoms with Crippen molar-refractivity contribution in [3.05, 3.63) is 66.9 Å². The summed E-state index contributed by atoms with van der Waals surface area (Å²) in [4.78, 5) is 15.2. The van der Waals surface area contributed by atoms with Gasteiger partial charge in [-0.05, 0) is 30.3 Å². The molecule has 0 spiro atoms. The molecule has 0 saturated carbocycles. The Hall–Kier alpha value is -2.60. The quantitative estimate of drug-likeness (QED) is 0.743.